The highest BCUT2D eigenvalue weighted by atomic mass is 16.2. The minimum absolute atomic E-state index is 0.180. The Morgan fingerprint density at radius 2 is 1.35 bits per heavy atom. The van der Waals surface area contributed by atoms with Gasteiger partial charge in [0, 0.05) is 52.5 Å². The summed E-state index contributed by atoms with van der Waals surface area (Å²) in [5, 5.41) is 6.49. The minimum Gasteiger partial charge on any atom is -0.352 e. The average molecular weight is 463 g/mol. The van der Waals surface area contributed by atoms with Crippen LogP contribution in [0.4, 0.5) is 0 Å². The summed E-state index contributed by atoms with van der Waals surface area (Å²) in [6, 6.07) is 12.4. The number of fused-ring (bicyclic) bond motifs is 2. The van der Waals surface area contributed by atoms with Gasteiger partial charge in [-0.05, 0) is 56.8 Å². The molecule has 7 nitrogen and oxygen atoms in total. The van der Waals surface area contributed by atoms with E-state index in [1.54, 1.807) is 36.4 Å². The van der Waals surface area contributed by atoms with Gasteiger partial charge in [-0.1, -0.05) is 37.1 Å². The van der Waals surface area contributed by atoms with Crippen molar-refractivity contribution in [3.8, 4) is 0 Å². The van der Waals surface area contributed by atoms with Crippen LogP contribution in [-0.2, 0) is 0 Å². The number of amides is 1. The monoisotopic (exact) mass is 462 g/mol. The van der Waals surface area contributed by atoms with Gasteiger partial charge in [0.1, 0.15) is 0 Å². The summed E-state index contributed by atoms with van der Waals surface area (Å²) in [4.78, 5) is 38.1. The number of unbranched alkanes of at least 4 members (excludes halogenated alkanes) is 3. The number of hydrogen-bond acceptors (Lipinski definition) is 6. The van der Waals surface area contributed by atoms with Crippen LogP contribution in [0.2, 0.25) is 0 Å². The van der Waals surface area contributed by atoms with E-state index in [9.17, 15) is 14.4 Å². The van der Waals surface area contributed by atoms with Crippen LogP contribution < -0.4 is 22.1 Å². The third-order valence-corrected chi connectivity index (χ3v) is 6.79. The normalized spacial score (nSPS) is 21.6. The average Bonchev–Trinajstić information content (AvgIpc) is 2.83. The van der Waals surface area contributed by atoms with E-state index < -0.39 is 0 Å². The number of carbonyl (C=O) groups excluding carboxylic acids is 3. The summed E-state index contributed by atoms with van der Waals surface area (Å²) in [5.74, 6) is -0.625. The lowest BCUT2D eigenvalue weighted by Gasteiger charge is -2.31. The molecule has 7 heteroatoms. The predicted molar refractivity (Wildman–Crippen MR) is 132 cm³/mol. The number of ketones is 2. The van der Waals surface area contributed by atoms with Crippen LogP contribution in [0.25, 0.3) is 0 Å². The fourth-order valence-corrected chi connectivity index (χ4v) is 5.03. The molecule has 0 aromatic heterocycles. The Morgan fingerprint density at radius 1 is 0.765 bits per heavy atom. The first-order valence-electron chi connectivity index (χ1n) is 12.3. The number of benzene rings is 2. The number of nitrogens with two attached hydrogens (primary N) is 2. The van der Waals surface area contributed by atoms with Crippen molar-refractivity contribution in [2.24, 2.45) is 11.5 Å². The second-order valence-corrected chi connectivity index (χ2v) is 9.51. The quantitative estimate of drug-likeness (QED) is 0.362. The Morgan fingerprint density at radius 3 is 2.03 bits per heavy atom. The molecule has 180 valence electrons. The molecule has 0 aliphatic heterocycles. The highest BCUT2D eigenvalue weighted by Crippen LogP contribution is 2.27. The third-order valence-electron chi connectivity index (χ3n) is 6.79. The lowest BCUT2D eigenvalue weighted by Crippen LogP contribution is -2.47. The molecular weight excluding hydrogens is 428 g/mol. The molecule has 1 fully saturated rings. The standard InChI is InChI=1S/C27H34N4O3/c28-18-14-19(29)16-20(15-18)30-11-5-1-2-6-12-31-27(34)17-9-10-23-24(13-17)26(33)22-8-4-3-7-21(22)25(23)32/h3-4,7-10,13,18-20,30H,1-2,5-6,11-12,14-16,28-29H2,(H,31,34)/t18-,19+,20?. The molecule has 2 aliphatic rings. The van der Waals surface area contributed by atoms with Crippen molar-refractivity contribution in [1.82, 2.24) is 10.6 Å². The van der Waals surface area contributed by atoms with Gasteiger partial charge in [-0.15, -0.1) is 0 Å². The minimum atomic E-state index is -0.228. The number of hydrogen-bond donors (Lipinski definition) is 4. The Labute approximate surface area is 200 Å². The highest BCUT2D eigenvalue weighted by Gasteiger charge is 2.30. The molecule has 1 unspecified atom stereocenters. The van der Waals surface area contributed by atoms with E-state index in [4.69, 9.17) is 11.5 Å². The van der Waals surface area contributed by atoms with E-state index in [1.807, 2.05) is 0 Å². The van der Waals surface area contributed by atoms with Crippen molar-refractivity contribution < 1.29 is 14.4 Å². The van der Waals surface area contributed by atoms with Gasteiger partial charge >= 0.3 is 0 Å². The number of carbonyl (C=O) groups is 3. The molecule has 34 heavy (non-hydrogen) atoms. The molecule has 1 amide bonds. The van der Waals surface area contributed by atoms with Gasteiger partial charge in [0.15, 0.2) is 11.6 Å². The van der Waals surface area contributed by atoms with Crippen LogP contribution in [0, 0.1) is 0 Å². The van der Waals surface area contributed by atoms with Crippen molar-refractivity contribution >= 4 is 17.5 Å². The van der Waals surface area contributed by atoms with Gasteiger partial charge in [0.2, 0.25) is 0 Å². The van der Waals surface area contributed by atoms with Crippen LogP contribution in [0.5, 0.6) is 0 Å². The first kappa shape index (κ1) is 24.3. The molecule has 0 radical (unpaired) electrons. The van der Waals surface area contributed by atoms with E-state index in [0.29, 0.717) is 40.4 Å². The maximum atomic E-state index is 12.8. The molecule has 0 heterocycles. The zero-order valence-corrected chi connectivity index (χ0v) is 19.5. The molecular formula is C27H34N4O3. The van der Waals surface area contributed by atoms with Gasteiger partial charge in [0.25, 0.3) is 5.91 Å². The maximum absolute atomic E-state index is 12.8. The molecule has 0 bridgehead atoms. The number of rotatable bonds is 9. The molecule has 1 saturated carbocycles. The Bertz CT molecular complexity index is 1060. The SMILES string of the molecule is N[C@@H]1CC(NCCCCCCNC(=O)c2ccc3c(c2)C(=O)c2ccccc2C3=O)C[C@H](N)C1. The topological polar surface area (TPSA) is 127 Å². The van der Waals surface area contributed by atoms with E-state index in [0.717, 1.165) is 51.5 Å². The van der Waals surface area contributed by atoms with Crippen molar-refractivity contribution in [3.05, 3.63) is 70.3 Å². The summed E-state index contributed by atoms with van der Waals surface area (Å²) in [6.45, 7) is 1.53. The van der Waals surface area contributed by atoms with Crippen molar-refractivity contribution in [2.45, 2.75) is 63.1 Å². The van der Waals surface area contributed by atoms with E-state index in [2.05, 4.69) is 10.6 Å². The molecule has 4 rings (SSSR count). The molecule has 0 spiro atoms. The predicted octanol–water partition coefficient (Wildman–Crippen LogP) is 2.55. The lowest BCUT2D eigenvalue weighted by molar-refractivity contribution is 0.0950. The Kier molecular flexibility index (Phi) is 7.88. The van der Waals surface area contributed by atoms with E-state index in [1.165, 1.54) is 6.07 Å². The molecule has 2 aliphatic carbocycles. The highest BCUT2D eigenvalue weighted by molar-refractivity contribution is 6.28. The van der Waals surface area contributed by atoms with Gasteiger partial charge < -0.3 is 22.1 Å². The summed E-state index contributed by atoms with van der Waals surface area (Å²) >= 11 is 0. The van der Waals surface area contributed by atoms with Gasteiger partial charge in [-0.25, -0.2) is 0 Å². The van der Waals surface area contributed by atoms with Crippen LogP contribution in [0.3, 0.4) is 0 Å². The van der Waals surface area contributed by atoms with E-state index >= 15 is 0 Å². The summed E-state index contributed by atoms with van der Waals surface area (Å²) < 4.78 is 0. The smallest absolute Gasteiger partial charge is 0.251 e. The zero-order chi connectivity index (χ0) is 24.1. The lowest BCUT2D eigenvalue weighted by atomic mass is 9.83. The molecule has 0 saturated heterocycles. The molecule has 2 aromatic rings. The van der Waals surface area contributed by atoms with E-state index in [-0.39, 0.29) is 29.6 Å². The molecule has 6 N–H and O–H groups in total. The van der Waals surface area contributed by atoms with Crippen molar-refractivity contribution in [3.63, 3.8) is 0 Å². The second kappa shape index (κ2) is 11.0. The van der Waals surface area contributed by atoms with Crippen LogP contribution >= 0.6 is 0 Å². The van der Waals surface area contributed by atoms with Crippen LogP contribution in [0.1, 0.15) is 87.1 Å². The van der Waals surface area contributed by atoms with Crippen molar-refractivity contribution in [2.75, 3.05) is 13.1 Å². The fourth-order valence-electron chi connectivity index (χ4n) is 5.03. The largest absolute Gasteiger partial charge is 0.352 e. The van der Waals surface area contributed by atoms with Gasteiger partial charge in [-0.3, -0.25) is 14.4 Å². The van der Waals surface area contributed by atoms with Crippen molar-refractivity contribution in [1.29, 1.82) is 0 Å². The summed E-state index contributed by atoms with van der Waals surface area (Å²) in [6.07, 6.45) is 6.99. The van der Waals surface area contributed by atoms with Crippen LogP contribution in [0.15, 0.2) is 42.5 Å². The summed E-state index contributed by atoms with van der Waals surface area (Å²) in [5.41, 5.74) is 13.9. The first-order chi connectivity index (χ1) is 16.4. The third kappa shape index (κ3) is 5.60. The maximum Gasteiger partial charge on any atom is 0.251 e. The Hall–Kier alpha value is -2.87. The zero-order valence-electron chi connectivity index (χ0n) is 19.5. The molecule has 2 aromatic carbocycles. The fraction of sp³-hybridized carbons (Fsp3) is 0.444. The number of nitrogens with one attached hydrogen (secondary N) is 2. The van der Waals surface area contributed by atoms with Gasteiger partial charge in [-0.2, -0.15) is 0 Å². The van der Waals surface area contributed by atoms with Gasteiger partial charge in [0.05, 0.1) is 0 Å². The van der Waals surface area contributed by atoms with Crippen LogP contribution in [-0.4, -0.2) is 48.7 Å². The summed E-state index contributed by atoms with van der Waals surface area (Å²) in [7, 11) is 0. The molecule has 3 atom stereocenters. The first-order valence-corrected chi connectivity index (χ1v) is 12.3. The Balaban J connectivity index is 1.18. The second-order valence-electron chi connectivity index (χ2n) is 9.51.